The van der Waals surface area contributed by atoms with E-state index in [-0.39, 0.29) is 24.0 Å². The van der Waals surface area contributed by atoms with Crippen molar-refractivity contribution in [1.29, 1.82) is 0 Å². The van der Waals surface area contributed by atoms with Gasteiger partial charge in [0.25, 0.3) is 0 Å². The van der Waals surface area contributed by atoms with Crippen LogP contribution in [0.5, 0.6) is 0 Å². The van der Waals surface area contributed by atoms with Crippen molar-refractivity contribution in [2.75, 3.05) is 0 Å². The number of amides is 1. The van der Waals surface area contributed by atoms with E-state index < -0.39 is 0 Å². The molecule has 1 amide bonds. The Labute approximate surface area is 143 Å². The molecule has 23 heavy (non-hydrogen) atoms. The Morgan fingerprint density at radius 3 is 2.22 bits per heavy atom. The molecule has 0 bridgehead atoms. The largest absolute Gasteiger partial charge is 0.348 e. The summed E-state index contributed by atoms with van der Waals surface area (Å²) in [6.45, 7) is 5.88. The molecule has 0 fully saturated rings. The molecule has 0 aromatic heterocycles. The van der Waals surface area contributed by atoms with Crippen molar-refractivity contribution in [3.05, 3.63) is 70.7 Å². The Bertz CT molecular complexity index is 645. The summed E-state index contributed by atoms with van der Waals surface area (Å²) in [6, 6.07) is 17.3. The molecule has 3 atom stereocenters. The standard InChI is InChI=1S/C19H23ClN2O/c1-13(16-8-5-4-6-9-16)22-19(23)15(3)21-14(2)17-10-7-11-18(20)12-17/h4-15,21H,1-3H3,(H,22,23). The molecule has 0 spiro atoms. The lowest BCUT2D eigenvalue weighted by atomic mass is 10.1. The predicted octanol–water partition coefficient (Wildman–Crippen LogP) is 4.26. The van der Waals surface area contributed by atoms with E-state index in [0.717, 1.165) is 11.1 Å². The van der Waals surface area contributed by atoms with Gasteiger partial charge in [-0.15, -0.1) is 0 Å². The van der Waals surface area contributed by atoms with Crippen LogP contribution in [-0.2, 0) is 4.79 Å². The average Bonchev–Trinajstić information content (AvgIpc) is 2.55. The van der Waals surface area contributed by atoms with E-state index in [0.29, 0.717) is 5.02 Å². The van der Waals surface area contributed by atoms with Crippen LogP contribution in [0.3, 0.4) is 0 Å². The van der Waals surface area contributed by atoms with Gasteiger partial charge in [0.05, 0.1) is 12.1 Å². The van der Waals surface area contributed by atoms with Crippen LogP contribution in [0.1, 0.15) is 44.0 Å². The van der Waals surface area contributed by atoms with Crippen LogP contribution >= 0.6 is 11.6 Å². The van der Waals surface area contributed by atoms with Crippen molar-refractivity contribution in [2.24, 2.45) is 0 Å². The first-order chi connectivity index (χ1) is 11.0. The minimum Gasteiger partial charge on any atom is -0.348 e. The third-order valence-corrected chi connectivity index (χ3v) is 4.14. The SMILES string of the molecule is CC(NC(C)c1cccc(Cl)c1)C(=O)NC(C)c1ccccc1. The molecule has 2 rings (SSSR count). The van der Waals surface area contributed by atoms with E-state index >= 15 is 0 Å². The Hall–Kier alpha value is -1.84. The van der Waals surface area contributed by atoms with Crippen molar-refractivity contribution in [3.63, 3.8) is 0 Å². The third-order valence-electron chi connectivity index (χ3n) is 3.90. The van der Waals surface area contributed by atoms with Crippen LogP contribution in [-0.4, -0.2) is 11.9 Å². The summed E-state index contributed by atoms with van der Waals surface area (Å²) in [7, 11) is 0. The quantitative estimate of drug-likeness (QED) is 0.831. The van der Waals surface area contributed by atoms with E-state index in [4.69, 9.17) is 11.6 Å². The molecule has 4 heteroatoms. The van der Waals surface area contributed by atoms with Crippen LogP contribution in [0, 0.1) is 0 Å². The molecule has 2 aromatic rings. The Kier molecular flexibility index (Phi) is 6.20. The van der Waals surface area contributed by atoms with Crippen molar-refractivity contribution in [3.8, 4) is 0 Å². The van der Waals surface area contributed by atoms with Crippen molar-refractivity contribution in [2.45, 2.75) is 38.9 Å². The molecule has 0 heterocycles. The molecule has 0 aliphatic carbocycles. The van der Waals surface area contributed by atoms with Crippen molar-refractivity contribution in [1.82, 2.24) is 10.6 Å². The molecule has 122 valence electrons. The van der Waals surface area contributed by atoms with Gasteiger partial charge in [0.15, 0.2) is 0 Å². The summed E-state index contributed by atoms with van der Waals surface area (Å²) >= 11 is 6.02. The highest BCUT2D eigenvalue weighted by molar-refractivity contribution is 6.30. The van der Waals surface area contributed by atoms with E-state index in [1.807, 2.05) is 75.4 Å². The van der Waals surface area contributed by atoms with Gasteiger partial charge in [-0.25, -0.2) is 0 Å². The molecule has 0 radical (unpaired) electrons. The maximum atomic E-state index is 12.4. The fourth-order valence-electron chi connectivity index (χ4n) is 2.49. The molecule has 0 saturated heterocycles. The molecule has 2 N–H and O–H groups in total. The van der Waals surface area contributed by atoms with E-state index in [1.165, 1.54) is 0 Å². The van der Waals surface area contributed by atoms with Crippen LogP contribution in [0.4, 0.5) is 0 Å². The Morgan fingerprint density at radius 2 is 1.57 bits per heavy atom. The van der Waals surface area contributed by atoms with Gasteiger partial charge in [-0.05, 0) is 44.0 Å². The first kappa shape index (κ1) is 17.5. The highest BCUT2D eigenvalue weighted by Gasteiger charge is 2.18. The maximum Gasteiger partial charge on any atom is 0.237 e. The summed E-state index contributed by atoms with van der Waals surface area (Å²) in [5.41, 5.74) is 2.16. The first-order valence-corrected chi connectivity index (χ1v) is 8.22. The second kappa shape index (κ2) is 8.14. The van der Waals surface area contributed by atoms with E-state index in [1.54, 1.807) is 0 Å². The van der Waals surface area contributed by atoms with Crippen molar-refractivity contribution < 1.29 is 4.79 Å². The third kappa shape index (κ3) is 5.08. The summed E-state index contributed by atoms with van der Waals surface area (Å²) in [5, 5.41) is 7.05. The van der Waals surface area contributed by atoms with E-state index in [9.17, 15) is 4.79 Å². The molecular weight excluding hydrogens is 308 g/mol. The predicted molar refractivity (Wildman–Crippen MR) is 95.5 cm³/mol. The Balaban J connectivity index is 1.92. The molecule has 0 aliphatic rings. The second-order valence-corrected chi connectivity index (χ2v) is 6.24. The highest BCUT2D eigenvalue weighted by atomic mass is 35.5. The molecule has 0 aliphatic heterocycles. The molecule has 3 nitrogen and oxygen atoms in total. The van der Waals surface area contributed by atoms with E-state index in [2.05, 4.69) is 10.6 Å². The molecule has 3 unspecified atom stereocenters. The van der Waals surface area contributed by atoms with Gasteiger partial charge in [0.1, 0.15) is 0 Å². The van der Waals surface area contributed by atoms with Gasteiger partial charge in [-0.3, -0.25) is 10.1 Å². The lowest BCUT2D eigenvalue weighted by Gasteiger charge is -2.22. The number of nitrogens with one attached hydrogen (secondary N) is 2. The molecule has 2 aromatic carbocycles. The zero-order valence-electron chi connectivity index (χ0n) is 13.7. The second-order valence-electron chi connectivity index (χ2n) is 5.81. The van der Waals surface area contributed by atoms with Crippen molar-refractivity contribution >= 4 is 17.5 Å². The number of carbonyl (C=O) groups is 1. The number of halogens is 1. The fourth-order valence-corrected chi connectivity index (χ4v) is 2.69. The maximum absolute atomic E-state index is 12.4. The Morgan fingerprint density at radius 1 is 0.913 bits per heavy atom. The normalized spacial score (nSPS) is 14.8. The summed E-state index contributed by atoms with van der Waals surface area (Å²) in [4.78, 5) is 12.4. The first-order valence-electron chi connectivity index (χ1n) is 7.84. The zero-order chi connectivity index (χ0) is 16.8. The number of hydrogen-bond donors (Lipinski definition) is 2. The highest BCUT2D eigenvalue weighted by Crippen LogP contribution is 2.18. The summed E-state index contributed by atoms with van der Waals surface area (Å²) in [6.07, 6.45) is 0. The molecule has 0 saturated carbocycles. The summed E-state index contributed by atoms with van der Waals surface area (Å²) < 4.78 is 0. The molecular formula is C19H23ClN2O. The van der Waals surface area contributed by atoms with Crippen LogP contribution in [0.25, 0.3) is 0 Å². The van der Waals surface area contributed by atoms with Crippen LogP contribution < -0.4 is 10.6 Å². The lowest BCUT2D eigenvalue weighted by molar-refractivity contribution is -0.123. The number of hydrogen-bond acceptors (Lipinski definition) is 2. The topological polar surface area (TPSA) is 41.1 Å². The monoisotopic (exact) mass is 330 g/mol. The smallest absolute Gasteiger partial charge is 0.237 e. The van der Waals surface area contributed by atoms with Gasteiger partial charge in [0, 0.05) is 11.1 Å². The lowest BCUT2D eigenvalue weighted by Crippen LogP contribution is -2.43. The van der Waals surface area contributed by atoms with Crippen LogP contribution in [0.2, 0.25) is 5.02 Å². The minimum absolute atomic E-state index is 0.0183. The van der Waals surface area contributed by atoms with Gasteiger partial charge in [-0.1, -0.05) is 54.1 Å². The van der Waals surface area contributed by atoms with Gasteiger partial charge < -0.3 is 5.32 Å². The summed E-state index contributed by atoms with van der Waals surface area (Å²) in [5.74, 6) is -0.0183. The zero-order valence-corrected chi connectivity index (χ0v) is 14.5. The fraction of sp³-hybridized carbons (Fsp3) is 0.316. The number of benzene rings is 2. The number of rotatable bonds is 6. The average molecular weight is 331 g/mol. The minimum atomic E-state index is -0.296. The number of carbonyl (C=O) groups excluding carboxylic acids is 1. The van der Waals surface area contributed by atoms with Gasteiger partial charge in [-0.2, -0.15) is 0 Å². The van der Waals surface area contributed by atoms with Gasteiger partial charge in [0.2, 0.25) is 5.91 Å². The van der Waals surface area contributed by atoms with Crippen LogP contribution in [0.15, 0.2) is 54.6 Å². The van der Waals surface area contributed by atoms with Gasteiger partial charge >= 0.3 is 0 Å².